The van der Waals surface area contributed by atoms with Crippen molar-refractivity contribution >= 4 is 75.0 Å². The lowest BCUT2D eigenvalue weighted by Crippen LogP contribution is -1.96. The lowest BCUT2D eigenvalue weighted by atomic mass is 9.90. The number of hydrogen-bond acceptors (Lipinski definition) is 2. The first kappa shape index (κ1) is 24.5. The molecular formula is C41H27NS. The molecule has 1 nitrogen and oxygen atoms in total. The Bertz CT molecular complexity index is 2410. The van der Waals surface area contributed by atoms with Gasteiger partial charge in [-0.1, -0.05) is 121 Å². The second-order valence-corrected chi connectivity index (χ2v) is 12.4. The van der Waals surface area contributed by atoms with Gasteiger partial charge in [-0.15, -0.1) is 11.3 Å². The SMILES string of the molecule is C1=C(c2cc3c4ccccc4c4ccccc4c3cn2)C=C(c2cccc3c2sc2c(-c4ccccc4)cccc23)CC1. The maximum atomic E-state index is 5.05. The molecule has 0 saturated carbocycles. The molecule has 0 spiro atoms. The molecule has 2 heterocycles. The van der Waals surface area contributed by atoms with Gasteiger partial charge in [0.25, 0.3) is 0 Å². The number of pyridine rings is 1. The summed E-state index contributed by atoms with van der Waals surface area (Å²) < 4.78 is 2.73. The van der Waals surface area contributed by atoms with Gasteiger partial charge in [-0.05, 0) is 79.8 Å². The summed E-state index contributed by atoms with van der Waals surface area (Å²) in [4.78, 5) is 5.05. The number of aromatic nitrogens is 1. The van der Waals surface area contributed by atoms with Crippen LogP contribution in [0, 0.1) is 0 Å². The van der Waals surface area contributed by atoms with Crippen LogP contribution in [0.25, 0.3) is 74.8 Å². The van der Waals surface area contributed by atoms with Crippen LogP contribution in [0.4, 0.5) is 0 Å². The van der Waals surface area contributed by atoms with Crippen LogP contribution >= 0.6 is 11.3 Å². The van der Waals surface area contributed by atoms with Crippen LogP contribution in [-0.4, -0.2) is 4.98 Å². The Morgan fingerprint density at radius 2 is 1.09 bits per heavy atom. The van der Waals surface area contributed by atoms with Crippen molar-refractivity contribution in [3.63, 3.8) is 0 Å². The van der Waals surface area contributed by atoms with E-state index in [0.29, 0.717) is 0 Å². The minimum absolute atomic E-state index is 1.01. The van der Waals surface area contributed by atoms with E-state index in [2.05, 4.69) is 140 Å². The van der Waals surface area contributed by atoms with Crippen LogP contribution in [-0.2, 0) is 0 Å². The van der Waals surface area contributed by atoms with Gasteiger partial charge < -0.3 is 0 Å². The minimum Gasteiger partial charge on any atom is -0.256 e. The van der Waals surface area contributed by atoms with Gasteiger partial charge in [-0.2, -0.15) is 0 Å². The zero-order chi connectivity index (χ0) is 28.3. The third kappa shape index (κ3) is 3.87. The molecule has 0 atom stereocenters. The molecule has 0 bridgehead atoms. The predicted octanol–water partition coefficient (Wildman–Crippen LogP) is 11.8. The first-order chi connectivity index (χ1) is 21.3. The van der Waals surface area contributed by atoms with Crippen molar-refractivity contribution in [3.8, 4) is 11.1 Å². The highest BCUT2D eigenvalue weighted by molar-refractivity contribution is 7.26. The third-order valence-corrected chi connectivity index (χ3v) is 10.3. The Hall–Kier alpha value is -5.05. The maximum absolute atomic E-state index is 5.05. The van der Waals surface area contributed by atoms with Crippen molar-refractivity contribution < 1.29 is 0 Å². The van der Waals surface area contributed by atoms with Gasteiger partial charge in [0, 0.05) is 31.8 Å². The summed E-state index contributed by atoms with van der Waals surface area (Å²) in [5.74, 6) is 0. The molecule has 1 aliphatic rings. The Labute approximate surface area is 254 Å². The molecule has 6 aromatic carbocycles. The fourth-order valence-electron chi connectivity index (χ4n) is 6.97. The zero-order valence-electron chi connectivity index (χ0n) is 23.5. The number of benzene rings is 6. The van der Waals surface area contributed by atoms with Gasteiger partial charge in [-0.3, -0.25) is 4.98 Å². The van der Waals surface area contributed by atoms with Gasteiger partial charge in [0.1, 0.15) is 0 Å². The van der Waals surface area contributed by atoms with Gasteiger partial charge >= 0.3 is 0 Å². The lowest BCUT2D eigenvalue weighted by molar-refractivity contribution is 1.06. The van der Waals surface area contributed by atoms with Gasteiger partial charge in [0.15, 0.2) is 0 Å². The summed E-state index contributed by atoms with van der Waals surface area (Å²) in [5, 5.41) is 10.3. The van der Waals surface area contributed by atoms with Crippen molar-refractivity contribution in [2.75, 3.05) is 0 Å². The highest BCUT2D eigenvalue weighted by atomic mass is 32.1. The fourth-order valence-corrected chi connectivity index (χ4v) is 8.35. The van der Waals surface area contributed by atoms with Crippen LogP contribution in [0.1, 0.15) is 24.1 Å². The fraction of sp³-hybridized carbons (Fsp3) is 0.0488. The molecule has 0 aliphatic heterocycles. The number of thiophene rings is 1. The average Bonchev–Trinajstić information content (AvgIpc) is 3.48. The van der Waals surface area contributed by atoms with Gasteiger partial charge in [0.05, 0.1) is 5.69 Å². The maximum Gasteiger partial charge on any atom is 0.0705 e. The van der Waals surface area contributed by atoms with Crippen LogP contribution < -0.4 is 0 Å². The Morgan fingerprint density at radius 1 is 0.512 bits per heavy atom. The van der Waals surface area contributed by atoms with E-state index in [9.17, 15) is 0 Å². The van der Waals surface area contributed by atoms with Crippen molar-refractivity contribution in [2.45, 2.75) is 12.8 Å². The van der Waals surface area contributed by atoms with Crippen LogP contribution in [0.15, 0.2) is 140 Å². The summed E-state index contributed by atoms with van der Waals surface area (Å²) in [5.41, 5.74) is 7.57. The van der Waals surface area contributed by atoms with E-state index in [1.54, 1.807) is 0 Å². The summed E-state index contributed by atoms with van der Waals surface area (Å²) in [7, 11) is 0. The zero-order valence-corrected chi connectivity index (χ0v) is 24.4. The lowest BCUT2D eigenvalue weighted by Gasteiger charge is -2.16. The van der Waals surface area contributed by atoms with Gasteiger partial charge in [0.2, 0.25) is 0 Å². The Morgan fingerprint density at radius 3 is 1.81 bits per heavy atom. The smallest absolute Gasteiger partial charge is 0.0705 e. The van der Waals surface area contributed by atoms with E-state index in [-0.39, 0.29) is 0 Å². The molecular weight excluding hydrogens is 539 g/mol. The van der Waals surface area contributed by atoms with E-state index in [1.807, 2.05) is 11.3 Å². The molecule has 9 rings (SSSR count). The molecule has 0 unspecified atom stereocenters. The Balaban J connectivity index is 1.20. The normalized spacial score (nSPS) is 13.7. The second-order valence-electron chi connectivity index (χ2n) is 11.4. The monoisotopic (exact) mass is 565 g/mol. The second kappa shape index (κ2) is 9.76. The van der Waals surface area contributed by atoms with Crippen LogP contribution in [0.5, 0.6) is 0 Å². The number of nitrogens with zero attached hydrogens (tertiary/aromatic N) is 1. The topological polar surface area (TPSA) is 12.9 Å². The molecule has 0 saturated heterocycles. The predicted molar refractivity (Wildman–Crippen MR) is 187 cm³/mol. The highest BCUT2D eigenvalue weighted by Crippen LogP contribution is 2.44. The van der Waals surface area contributed by atoms with E-state index < -0.39 is 0 Å². The molecule has 1 aliphatic carbocycles. The molecule has 43 heavy (non-hydrogen) atoms. The van der Waals surface area contributed by atoms with E-state index >= 15 is 0 Å². The quantitative estimate of drug-likeness (QED) is 0.194. The molecule has 0 N–H and O–H groups in total. The van der Waals surface area contributed by atoms with Crippen molar-refractivity contribution in [1.82, 2.24) is 4.98 Å². The highest BCUT2D eigenvalue weighted by Gasteiger charge is 2.18. The number of hydrogen-bond donors (Lipinski definition) is 0. The summed E-state index contributed by atoms with van der Waals surface area (Å²) in [6.45, 7) is 0. The van der Waals surface area contributed by atoms with Crippen molar-refractivity contribution in [1.29, 1.82) is 0 Å². The largest absolute Gasteiger partial charge is 0.256 e. The molecule has 0 fully saturated rings. The average molecular weight is 566 g/mol. The number of rotatable bonds is 3. The third-order valence-electron chi connectivity index (χ3n) is 8.99. The van der Waals surface area contributed by atoms with E-state index in [0.717, 1.165) is 18.5 Å². The summed E-state index contributed by atoms with van der Waals surface area (Å²) in [6, 6.07) is 44.1. The van der Waals surface area contributed by atoms with E-state index in [1.165, 1.54) is 80.3 Å². The number of fused-ring (bicyclic) bond motifs is 9. The van der Waals surface area contributed by atoms with Crippen molar-refractivity contribution in [3.05, 3.63) is 151 Å². The minimum atomic E-state index is 1.01. The molecule has 2 aromatic heterocycles. The number of allylic oxidation sites excluding steroid dienone is 4. The van der Waals surface area contributed by atoms with E-state index in [4.69, 9.17) is 4.98 Å². The molecule has 2 heteroatoms. The van der Waals surface area contributed by atoms with Crippen LogP contribution in [0.2, 0.25) is 0 Å². The van der Waals surface area contributed by atoms with Crippen molar-refractivity contribution in [2.24, 2.45) is 0 Å². The molecule has 0 amide bonds. The van der Waals surface area contributed by atoms with Gasteiger partial charge in [-0.25, -0.2) is 0 Å². The molecule has 8 aromatic rings. The standard InChI is InChI=1S/C41H27NS/c1-2-11-26(12-3-1)29-19-9-21-35-36-22-10-20-30(41(36)43-40(29)35)27-13-8-14-28(23-27)39-24-37-33-17-6-4-15-31(33)32-16-5-7-18-34(32)38(37)25-42-39/h1-7,9-12,14-25H,8,13H2. The first-order valence-corrected chi connectivity index (χ1v) is 15.8. The molecule has 202 valence electrons. The summed E-state index contributed by atoms with van der Waals surface area (Å²) >= 11 is 1.93. The Kier molecular flexibility index (Phi) is 5.57. The molecule has 0 radical (unpaired) electrons. The summed E-state index contributed by atoms with van der Waals surface area (Å²) in [6.07, 6.45) is 8.87. The van der Waals surface area contributed by atoms with Crippen LogP contribution in [0.3, 0.4) is 0 Å². The first-order valence-electron chi connectivity index (χ1n) is 14.9.